The van der Waals surface area contributed by atoms with Crippen LogP contribution in [-0.4, -0.2) is 16.0 Å². The fraction of sp³-hybridized carbons (Fsp3) is 0.231. The van der Waals surface area contributed by atoms with Gasteiger partial charge in [0, 0.05) is 16.9 Å². The van der Waals surface area contributed by atoms with Gasteiger partial charge in [-0.1, -0.05) is 6.07 Å². The number of amides is 1. The van der Waals surface area contributed by atoms with Crippen LogP contribution in [0.3, 0.4) is 0 Å². The number of rotatable bonds is 3. The number of aromatic hydroxyl groups is 1. The lowest BCUT2D eigenvalue weighted by Gasteiger charge is -2.01. The Morgan fingerprint density at radius 2 is 2.28 bits per heavy atom. The zero-order chi connectivity index (χ0) is 12.5. The van der Waals surface area contributed by atoms with E-state index in [9.17, 15) is 9.90 Å². The standard InChI is InChI=1S/C13H12N2O2S/c16-10-3-1-2-9(6-10)12(17)15-13-14-11(7-18-13)8-4-5-8/h1-3,6-8,16H,4-5H2,(H,14,15,17). The highest BCUT2D eigenvalue weighted by Gasteiger charge is 2.26. The first-order chi connectivity index (χ1) is 8.72. The summed E-state index contributed by atoms with van der Waals surface area (Å²) >= 11 is 1.44. The Balaban J connectivity index is 1.73. The molecule has 1 aliphatic carbocycles. The number of benzene rings is 1. The average Bonchev–Trinajstić information content (AvgIpc) is 3.11. The molecule has 2 aromatic rings. The highest BCUT2D eigenvalue weighted by Crippen LogP contribution is 2.40. The summed E-state index contributed by atoms with van der Waals surface area (Å²) in [6, 6.07) is 6.27. The molecule has 1 aliphatic rings. The van der Waals surface area contributed by atoms with Crippen LogP contribution in [0.1, 0.15) is 34.8 Å². The molecule has 0 bridgehead atoms. The molecule has 0 atom stereocenters. The first-order valence-electron chi connectivity index (χ1n) is 5.78. The van der Waals surface area contributed by atoms with Gasteiger partial charge in [0.2, 0.25) is 0 Å². The minimum Gasteiger partial charge on any atom is -0.508 e. The molecule has 1 amide bonds. The average molecular weight is 260 g/mol. The van der Waals surface area contributed by atoms with Gasteiger partial charge in [-0.3, -0.25) is 10.1 Å². The predicted octanol–water partition coefficient (Wildman–Crippen LogP) is 2.98. The zero-order valence-corrected chi connectivity index (χ0v) is 10.4. The lowest BCUT2D eigenvalue weighted by atomic mass is 10.2. The summed E-state index contributed by atoms with van der Waals surface area (Å²) in [5, 5.41) is 14.7. The summed E-state index contributed by atoms with van der Waals surface area (Å²) in [5.74, 6) is 0.427. The third-order valence-corrected chi connectivity index (χ3v) is 3.62. The van der Waals surface area contributed by atoms with E-state index in [0.717, 1.165) is 5.69 Å². The van der Waals surface area contributed by atoms with Crippen molar-refractivity contribution in [1.82, 2.24) is 4.98 Å². The number of aromatic nitrogens is 1. The summed E-state index contributed by atoms with van der Waals surface area (Å²) in [7, 11) is 0. The molecule has 0 spiro atoms. The molecule has 1 saturated carbocycles. The number of phenolic OH excluding ortho intramolecular Hbond substituents is 1. The minimum atomic E-state index is -0.248. The van der Waals surface area contributed by atoms with Crippen LogP contribution in [0.25, 0.3) is 0 Å². The Hall–Kier alpha value is -1.88. The highest BCUT2D eigenvalue weighted by molar-refractivity contribution is 7.14. The van der Waals surface area contributed by atoms with Crippen LogP contribution in [0.2, 0.25) is 0 Å². The smallest absolute Gasteiger partial charge is 0.257 e. The largest absolute Gasteiger partial charge is 0.508 e. The maximum Gasteiger partial charge on any atom is 0.257 e. The Labute approximate surface area is 108 Å². The first kappa shape index (κ1) is 11.2. The van der Waals surface area contributed by atoms with Crippen molar-refractivity contribution in [3.05, 3.63) is 40.9 Å². The molecule has 0 unspecified atom stereocenters. The normalized spacial score (nSPS) is 14.4. The Morgan fingerprint density at radius 3 is 3.00 bits per heavy atom. The number of hydrogen-bond donors (Lipinski definition) is 2. The SMILES string of the molecule is O=C(Nc1nc(C2CC2)cs1)c1cccc(O)c1. The molecule has 1 aromatic carbocycles. The van der Waals surface area contributed by atoms with Crippen LogP contribution in [0.4, 0.5) is 5.13 Å². The van der Waals surface area contributed by atoms with Crippen LogP contribution in [0.15, 0.2) is 29.6 Å². The molecule has 92 valence electrons. The number of hydrogen-bond acceptors (Lipinski definition) is 4. The van der Waals surface area contributed by atoms with E-state index in [1.807, 2.05) is 5.38 Å². The monoisotopic (exact) mass is 260 g/mol. The number of phenols is 1. The van der Waals surface area contributed by atoms with Crippen molar-refractivity contribution in [1.29, 1.82) is 0 Å². The number of anilines is 1. The van der Waals surface area contributed by atoms with Crippen molar-refractivity contribution in [3.63, 3.8) is 0 Å². The van der Waals surface area contributed by atoms with E-state index < -0.39 is 0 Å². The van der Waals surface area contributed by atoms with Gasteiger partial charge in [0.05, 0.1) is 5.69 Å². The van der Waals surface area contributed by atoms with Gasteiger partial charge in [-0.2, -0.15) is 0 Å². The van der Waals surface area contributed by atoms with Gasteiger partial charge in [0.25, 0.3) is 5.91 Å². The molecule has 3 rings (SSSR count). The third-order valence-electron chi connectivity index (χ3n) is 2.85. The summed E-state index contributed by atoms with van der Waals surface area (Å²) in [4.78, 5) is 16.3. The van der Waals surface area contributed by atoms with E-state index in [0.29, 0.717) is 16.6 Å². The van der Waals surface area contributed by atoms with E-state index in [1.54, 1.807) is 12.1 Å². The molecule has 0 aliphatic heterocycles. The van der Waals surface area contributed by atoms with E-state index in [-0.39, 0.29) is 11.7 Å². The number of carbonyl (C=O) groups is 1. The zero-order valence-electron chi connectivity index (χ0n) is 9.59. The van der Waals surface area contributed by atoms with Crippen molar-refractivity contribution >= 4 is 22.4 Å². The molecular weight excluding hydrogens is 248 g/mol. The van der Waals surface area contributed by atoms with Crippen molar-refractivity contribution in [3.8, 4) is 5.75 Å². The van der Waals surface area contributed by atoms with Crippen molar-refractivity contribution in [2.75, 3.05) is 5.32 Å². The second-order valence-corrected chi connectivity index (χ2v) is 5.21. The second-order valence-electron chi connectivity index (χ2n) is 4.36. The van der Waals surface area contributed by atoms with Gasteiger partial charge >= 0.3 is 0 Å². The number of nitrogens with zero attached hydrogens (tertiary/aromatic N) is 1. The first-order valence-corrected chi connectivity index (χ1v) is 6.66. The van der Waals surface area contributed by atoms with E-state index in [2.05, 4.69) is 10.3 Å². The second kappa shape index (κ2) is 4.42. The Morgan fingerprint density at radius 1 is 1.44 bits per heavy atom. The third kappa shape index (κ3) is 2.36. The topological polar surface area (TPSA) is 62.2 Å². The molecule has 5 heteroatoms. The van der Waals surface area contributed by atoms with Crippen molar-refractivity contribution in [2.45, 2.75) is 18.8 Å². The molecule has 1 heterocycles. The fourth-order valence-corrected chi connectivity index (χ4v) is 2.51. The Kier molecular flexibility index (Phi) is 2.76. The molecule has 1 fully saturated rings. The summed E-state index contributed by atoms with van der Waals surface area (Å²) < 4.78 is 0. The number of thiazole rings is 1. The number of carbonyl (C=O) groups excluding carboxylic acids is 1. The summed E-state index contributed by atoms with van der Waals surface area (Å²) in [6.45, 7) is 0. The van der Waals surface area contributed by atoms with Crippen LogP contribution in [-0.2, 0) is 0 Å². The number of nitrogens with one attached hydrogen (secondary N) is 1. The molecule has 4 nitrogen and oxygen atoms in total. The summed E-state index contributed by atoms with van der Waals surface area (Å²) in [5.41, 5.74) is 1.50. The van der Waals surface area contributed by atoms with Crippen molar-refractivity contribution < 1.29 is 9.90 Å². The van der Waals surface area contributed by atoms with E-state index in [1.165, 1.54) is 36.3 Å². The summed E-state index contributed by atoms with van der Waals surface area (Å²) in [6.07, 6.45) is 2.40. The van der Waals surface area contributed by atoms with Crippen LogP contribution in [0, 0.1) is 0 Å². The highest BCUT2D eigenvalue weighted by atomic mass is 32.1. The molecular formula is C13H12N2O2S. The van der Waals surface area contributed by atoms with Gasteiger partial charge in [-0.05, 0) is 31.0 Å². The quantitative estimate of drug-likeness (QED) is 0.891. The van der Waals surface area contributed by atoms with Gasteiger partial charge in [0.15, 0.2) is 5.13 Å². The Bertz CT molecular complexity index is 590. The minimum absolute atomic E-state index is 0.0838. The predicted molar refractivity (Wildman–Crippen MR) is 70.1 cm³/mol. The molecule has 1 aromatic heterocycles. The molecule has 0 saturated heterocycles. The molecule has 18 heavy (non-hydrogen) atoms. The van der Waals surface area contributed by atoms with Gasteiger partial charge in [-0.25, -0.2) is 4.98 Å². The maximum atomic E-state index is 11.9. The van der Waals surface area contributed by atoms with Crippen LogP contribution < -0.4 is 5.32 Å². The van der Waals surface area contributed by atoms with Crippen LogP contribution in [0.5, 0.6) is 5.75 Å². The maximum absolute atomic E-state index is 11.9. The molecule has 2 N–H and O–H groups in total. The van der Waals surface area contributed by atoms with Crippen molar-refractivity contribution in [2.24, 2.45) is 0 Å². The van der Waals surface area contributed by atoms with E-state index >= 15 is 0 Å². The lowest BCUT2D eigenvalue weighted by Crippen LogP contribution is -2.11. The fourth-order valence-electron chi connectivity index (χ4n) is 1.73. The van der Waals surface area contributed by atoms with Crippen LogP contribution >= 0.6 is 11.3 Å². The lowest BCUT2D eigenvalue weighted by molar-refractivity contribution is 0.102. The molecule has 0 radical (unpaired) electrons. The van der Waals surface area contributed by atoms with Gasteiger partial charge < -0.3 is 5.11 Å². The van der Waals surface area contributed by atoms with E-state index in [4.69, 9.17) is 0 Å². The van der Waals surface area contributed by atoms with Gasteiger partial charge in [-0.15, -0.1) is 11.3 Å². The van der Waals surface area contributed by atoms with Gasteiger partial charge in [0.1, 0.15) is 5.75 Å².